The summed E-state index contributed by atoms with van der Waals surface area (Å²) in [5.41, 5.74) is 1.67. The van der Waals surface area contributed by atoms with E-state index in [0.717, 1.165) is 16.5 Å². The number of fused-ring (bicyclic) bond motifs is 1. The minimum atomic E-state index is -0.967. The van der Waals surface area contributed by atoms with Gasteiger partial charge in [0.05, 0.1) is 18.2 Å². The maximum absolute atomic E-state index is 11.0. The fourth-order valence-corrected chi connectivity index (χ4v) is 2.36. The summed E-state index contributed by atoms with van der Waals surface area (Å²) in [6, 6.07) is 3.62. The molecule has 0 amide bonds. The molecule has 1 atom stereocenters. The highest BCUT2D eigenvalue weighted by Crippen LogP contribution is 2.35. The van der Waals surface area contributed by atoms with Crippen molar-refractivity contribution in [1.82, 2.24) is 0 Å². The Balaban J connectivity index is 2.50. The second-order valence-electron chi connectivity index (χ2n) is 3.52. The van der Waals surface area contributed by atoms with Gasteiger partial charge in [-0.2, -0.15) is 0 Å². The molecule has 0 aliphatic carbocycles. The molecule has 1 heterocycles. The predicted molar refractivity (Wildman–Crippen MR) is 60.7 cm³/mol. The Labute approximate surface area is 101 Å². The molecular formula is C11H11BrO4. The van der Waals surface area contributed by atoms with Crippen molar-refractivity contribution in [2.75, 3.05) is 13.7 Å². The van der Waals surface area contributed by atoms with E-state index in [1.807, 2.05) is 6.07 Å². The molecule has 1 aromatic rings. The first-order chi connectivity index (χ1) is 7.63. The largest absolute Gasteiger partial charge is 0.496 e. The molecule has 0 aromatic heterocycles. The molecular weight excluding hydrogens is 276 g/mol. The molecule has 2 rings (SSSR count). The first-order valence-electron chi connectivity index (χ1n) is 4.84. The van der Waals surface area contributed by atoms with E-state index in [9.17, 15) is 4.79 Å². The van der Waals surface area contributed by atoms with Crippen molar-refractivity contribution in [1.29, 1.82) is 0 Å². The lowest BCUT2D eigenvalue weighted by molar-refractivity contribution is -0.151. The van der Waals surface area contributed by atoms with Crippen LogP contribution in [0.4, 0.5) is 0 Å². The zero-order valence-electron chi connectivity index (χ0n) is 8.70. The third-order valence-electron chi connectivity index (χ3n) is 2.58. The Bertz CT molecular complexity index is 430. The first kappa shape index (κ1) is 11.4. The molecule has 0 saturated carbocycles. The van der Waals surface area contributed by atoms with Crippen LogP contribution in [0.5, 0.6) is 5.75 Å². The normalized spacial score (nSPS) is 19.0. The average Bonchev–Trinajstić information content (AvgIpc) is 2.26. The fraction of sp³-hybridized carbons (Fsp3) is 0.364. The van der Waals surface area contributed by atoms with Gasteiger partial charge < -0.3 is 14.6 Å². The second-order valence-corrected chi connectivity index (χ2v) is 4.38. The summed E-state index contributed by atoms with van der Waals surface area (Å²) < 4.78 is 11.2. The quantitative estimate of drug-likeness (QED) is 0.905. The molecule has 1 aromatic carbocycles. The monoisotopic (exact) mass is 286 g/mol. The number of carboxylic acid groups (broad SMARTS) is 1. The number of ether oxygens (including phenoxy) is 2. The Morgan fingerprint density at radius 3 is 3.00 bits per heavy atom. The zero-order valence-corrected chi connectivity index (χ0v) is 10.3. The Morgan fingerprint density at radius 2 is 2.38 bits per heavy atom. The number of aliphatic carboxylic acids is 1. The molecule has 1 aliphatic rings. The number of halogens is 1. The van der Waals surface area contributed by atoms with Crippen LogP contribution in [0, 0.1) is 0 Å². The summed E-state index contributed by atoms with van der Waals surface area (Å²) in [5.74, 6) is -0.346. The van der Waals surface area contributed by atoms with Crippen molar-refractivity contribution in [2.45, 2.75) is 12.5 Å². The van der Waals surface area contributed by atoms with Crippen LogP contribution in [-0.4, -0.2) is 24.8 Å². The summed E-state index contributed by atoms with van der Waals surface area (Å²) in [7, 11) is 1.55. The first-order valence-corrected chi connectivity index (χ1v) is 5.63. The Morgan fingerprint density at radius 1 is 1.62 bits per heavy atom. The van der Waals surface area contributed by atoms with Gasteiger partial charge in [-0.1, -0.05) is 0 Å². The van der Waals surface area contributed by atoms with Gasteiger partial charge >= 0.3 is 5.97 Å². The van der Waals surface area contributed by atoms with Gasteiger partial charge in [0, 0.05) is 0 Å². The van der Waals surface area contributed by atoms with Crippen LogP contribution in [-0.2, 0) is 16.0 Å². The lowest BCUT2D eigenvalue weighted by Crippen LogP contribution is -2.23. The lowest BCUT2D eigenvalue weighted by atomic mass is 9.97. The highest BCUT2D eigenvalue weighted by molar-refractivity contribution is 9.10. The standard InChI is InChI=1S/C11H11BrO4/c1-15-9-5-7-6(4-8(9)12)2-3-16-10(7)11(13)14/h4-5,10H,2-3H2,1H3,(H,13,14). The SMILES string of the molecule is COc1cc2c(cc1Br)CCOC2C(=O)O. The summed E-state index contributed by atoms with van der Waals surface area (Å²) in [6.45, 7) is 0.433. The molecule has 0 radical (unpaired) electrons. The number of methoxy groups -OCH3 is 1. The van der Waals surface area contributed by atoms with Gasteiger partial charge in [0.25, 0.3) is 0 Å². The minimum absolute atomic E-state index is 0.433. The summed E-state index contributed by atoms with van der Waals surface area (Å²) in [4.78, 5) is 11.0. The van der Waals surface area contributed by atoms with Crippen molar-refractivity contribution in [3.8, 4) is 5.75 Å². The Hall–Kier alpha value is -1.07. The number of hydrogen-bond acceptors (Lipinski definition) is 3. The topological polar surface area (TPSA) is 55.8 Å². The maximum Gasteiger partial charge on any atom is 0.337 e. The average molecular weight is 287 g/mol. The molecule has 1 N–H and O–H groups in total. The fourth-order valence-electron chi connectivity index (χ4n) is 1.81. The van der Waals surface area contributed by atoms with E-state index < -0.39 is 12.1 Å². The van der Waals surface area contributed by atoms with Crippen LogP contribution < -0.4 is 4.74 Å². The van der Waals surface area contributed by atoms with E-state index in [1.165, 1.54) is 0 Å². The van der Waals surface area contributed by atoms with Gasteiger partial charge in [0.15, 0.2) is 6.10 Å². The highest BCUT2D eigenvalue weighted by atomic mass is 79.9. The minimum Gasteiger partial charge on any atom is -0.496 e. The van der Waals surface area contributed by atoms with Crippen molar-refractivity contribution in [2.24, 2.45) is 0 Å². The molecule has 16 heavy (non-hydrogen) atoms. The summed E-state index contributed by atoms with van der Waals surface area (Å²) in [6.07, 6.45) is -0.160. The summed E-state index contributed by atoms with van der Waals surface area (Å²) >= 11 is 3.38. The highest BCUT2D eigenvalue weighted by Gasteiger charge is 2.28. The van der Waals surface area contributed by atoms with E-state index in [2.05, 4.69) is 15.9 Å². The number of benzene rings is 1. The molecule has 5 heteroatoms. The van der Waals surface area contributed by atoms with E-state index in [1.54, 1.807) is 13.2 Å². The van der Waals surface area contributed by atoms with E-state index in [4.69, 9.17) is 14.6 Å². The third-order valence-corrected chi connectivity index (χ3v) is 3.20. The van der Waals surface area contributed by atoms with Crippen molar-refractivity contribution < 1.29 is 19.4 Å². The van der Waals surface area contributed by atoms with Gasteiger partial charge in [-0.15, -0.1) is 0 Å². The number of carbonyl (C=O) groups is 1. The molecule has 0 spiro atoms. The smallest absolute Gasteiger partial charge is 0.337 e. The zero-order chi connectivity index (χ0) is 11.7. The van der Waals surface area contributed by atoms with Crippen molar-refractivity contribution in [3.63, 3.8) is 0 Å². The molecule has 0 fully saturated rings. The Kier molecular flexibility index (Phi) is 3.16. The predicted octanol–water partition coefficient (Wildman–Crippen LogP) is 2.16. The van der Waals surface area contributed by atoms with Crippen LogP contribution in [0.3, 0.4) is 0 Å². The van der Waals surface area contributed by atoms with Crippen LogP contribution in [0.2, 0.25) is 0 Å². The number of carboxylic acids is 1. The van der Waals surface area contributed by atoms with Gasteiger partial charge in [-0.3, -0.25) is 0 Å². The maximum atomic E-state index is 11.0. The molecule has 1 aliphatic heterocycles. The van der Waals surface area contributed by atoms with Crippen molar-refractivity contribution >= 4 is 21.9 Å². The number of hydrogen-bond donors (Lipinski definition) is 1. The lowest BCUT2D eigenvalue weighted by Gasteiger charge is -2.24. The van der Waals surface area contributed by atoms with E-state index in [-0.39, 0.29) is 0 Å². The third kappa shape index (κ3) is 1.92. The van der Waals surface area contributed by atoms with E-state index >= 15 is 0 Å². The molecule has 1 unspecified atom stereocenters. The summed E-state index contributed by atoms with van der Waals surface area (Å²) in [5, 5.41) is 9.04. The molecule has 0 saturated heterocycles. The molecule has 0 bridgehead atoms. The van der Waals surface area contributed by atoms with Crippen LogP contribution >= 0.6 is 15.9 Å². The second kappa shape index (κ2) is 4.43. The van der Waals surface area contributed by atoms with Gasteiger partial charge in [-0.25, -0.2) is 4.79 Å². The van der Waals surface area contributed by atoms with Crippen molar-refractivity contribution in [3.05, 3.63) is 27.7 Å². The molecule has 4 nitrogen and oxygen atoms in total. The van der Waals surface area contributed by atoms with Gasteiger partial charge in [0.1, 0.15) is 5.75 Å². The van der Waals surface area contributed by atoms with Gasteiger partial charge in [-0.05, 0) is 45.6 Å². The van der Waals surface area contributed by atoms with E-state index in [0.29, 0.717) is 17.9 Å². The van der Waals surface area contributed by atoms with Crippen LogP contribution in [0.15, 0.2) is 16.6 Å². The number of rotatable bonds is 2. The van der Waals surface area contributed by atoms with Crippen LogP contribution in [0.25, 0.3) is 0 Å². The molecule has 86 valence electrons. The van der Waals surface area contributed by atoms with Crippen LogP contribution in [0.1, 0.15) is 17.2 Å². The van der Waals surface area contributed by atoms with Gasteiger partial charge in [0.2, 0.25) is 0 Å².